The lowest BCUT2D eigenvalue weighted by molar-refractivity contribution is -0.384. The number of H-pyrrole nitrogens is 1. The average Bonchev–Trinajstić information content (AvgIpc) is 2.59. The van der Waals surface area contributed by atoms with E-state index in [0.29, 0.717) is 5.69 Å². The Morgan fingerprint density at radius 1 is 1.31 bits per heavy atom. The highest BCUT2D eigenvalue weighted by molar-refractivity contribution is 5.42. The second-order valence-corrected chi connectivity index (χ2v) is 3.06. The van der Waals surface area contributed by atoms with Gasteiger partial charge in [-0.1, -0.05) is 0 Å². The van der Waals surface area contributed by atoms with Crippen LogP contribution in [0, 0.1) is 10.1 Å². The van der Waals surface area contributed by atoms with Crippen LogP contribution in [0.1, 0.15) is 0 Å². The van der Waals surface area contributed by atoms with Crippen LogP contribution in [-0.2, 0) is 0 Å². The van der Waals surface area contributed by atoms with E-state index < -0.39 is 10.6 Å². The van der Waals surface area contributed by atoms with Crippen LogP contribution in [0.2, 0.25) is 0 Å². The minimum absolute atomic E-state index is 0.0770. The Morgan fingerprint density at radius 3 is 2.38 bits per heavy atom. The van der Waals surface area contributed by atoms with Crippen molar-refractivity contribution in [1.82, 2.24) is 9.55 Å². The molecule has 1 aromatic heterocycles. The van der Waals surface area contributed by atoms with Crippen molar-refractivity contribution in [2.45, 2.75) is 0 Å². The number of aromatic hydroxyl groups is 1. The first-order valence-corrected chi connectivity index (χ1v) is 4.34. The van der Waals surface area contributed by atoms with Crippen molar-refractivity contribution in [3.8, 4) is 11.6 Å². The minimum Gasteiger partial charge on any atom is -0.493 e. The first-order chi connectivity index (χ1) is 7.59. The van der Waals surface area contributed by atoms with Gasteiger partial charge in [-0.05, 0) is 12.1 Å². The zero-order chi connectivity index (χ0) is 11.7. The molecule has 16 heavy (non-hydrogen) atoms. The van der Waals surface area contributed by atoms with Crippen LogP contribution in [0.15, 0.2) is 35.3 Å². The lowest BCUT2D eigenvalue weighted by Gasteiger charge is -2.01. The van der Waals surface area contributed by atoms with E-state index in [2.05, 4.69) is 4.98 Å². The number of non-ortho nitro benzene ring substituents is 1. The predicted molar refractivity (Wildman–Crippen MR) is 54.7 cm³/mol. The Labute approximate surface area is 88.7 Å². The number of nitro groups is 1. The van der Waals surface area contributed by atoms with Gasteiger partial charge >= 0.3 is 5.69 Å². The zero-order valence-corrected chi connectivity index (χ0v) is 7.95. The summed E-state index contributed by atoms with van der Waals surface area (Å²) < 4.78 is 1.00. The van der Waals surface area contributed by atoms with Crippen LogP contribution < -0.4 is 5.69 Å². The summed E-state index contributed by atoms with van der Waals surface area (Å²) in [6.07, 6.45) is 1.14. The maximum Gasteiger partial charge on any atom is 0.333 e. The van der Waals surface area contributed by atoms with E-state index in [1.807, 2.05) is 0 Å². The van der Waals surface area contributed by atoms with Crippen LogP contribution >= 0.6 is 0 Å². The Bertz CT molecular complexity index is 582. The lowest BCUT2D eigenvalue weighted by atomic mass is 10.3. The molecule has 2 N–H and O–H groups in total. The molecule has 0 saturated carbocycles. The van der Waals surface area contributed by atoms with Gasteiger partial charge in [-0.25, -0.2) is 9.36 Å². The number of rotatable bonds is 2. The molecule has 2 rings (SSSR count). The van der Waals surface area contributed by atoms with Gasteiger partial charge < -0.3 is 10.1 Å². The van der Waals surface area contributed by atoms with E-state index in [-0.39, 0.29) is 11.6 Å². The van der Waals surface area contributed by atoms with E-state index >= 15 is 0 Å². The fraction of sp³-hybridized carbons (Fsp3) is 0. The fourth-order valence-corrected chi connectivity index (χ4v) is 1.33. The SMILES string of the molecule is O=c1[nH]cc(O)n1-c1ccc([N+](=O)[O-])cc1. The van der Waals surface area contributed by atoms with E-state index in [1.165, 1.54) is 24.3 Å². The first kappa shape index (κ1) is 9.97. The zero-order valence-electron chi connectivity index (χ0n) is 7.95. The molecular formula is C9H7N3O4. The highest BCUT2D eigenvalue weighted by Crippen LogP contribution is 2.17. The lowest BCUT2D eigenvalue weighted by Crippen LogP contribution is -2.14. The maximum atomic E-state index is 11.3. The molecule has 0 amide bonds. The molecule has 0 aliphatic heterocycles. The molecule has 0 fully saturated rings. The molecule has 2 aromatic rings. The monoisotopic (exact) mass is 221 g/mol. The maximum absolute atomic E-state index is 11.3. The number of aromatic amines is 1. The molecule has 0 saturated heterocycles. The summed E-state index contributed by atoms with van der Waals surface area (Å²) in [4.78, 5) is 23.4. The molecule has 1 heterocycles. The van der Waals surface area contributed by atoms with Crippen molar-refractivity contribution in [3.05, 3.63) is 51.1 Å². The van der Waals surface area contributed by atoms with Crippen molar-refractivity contribution in [2.24, 2.45) is 0 Å². The second kappa shape index (κ2) is 3.54. The van der Waals surface area contributed by atoms with Crippen LogP contribution in [0.3, 0.4) is 0 Å². The topological polar surface area (TPSA) is 101 Å². The number of aromatic nitrogens is 2. The van der Waals surface area contributed by atoms with Crippen molar-refractivity contribution in [1.29, 1.82) is 0 Å². The summed E-state index contributed by atoms with van der Waals surface area (Å²) in [6.45, 7) is 0. The Kier molecular flexibility index (Phi) is 2.20. The predicted octanol–water partition coefficient (Wildman–Crippen LogP) is 0.779. The van der Waals surface area contributed by atoms with Crippen molar-refractivity contribution in [3.63, 3.8) is 0 Å². The number of hydrogen-bond acceptors (Lipinski definition) is 4. The van der Waals surface area contributed by atoms with Crippen molar-refractivity contribution >= 4 is 5.69 Å². The summed E-state index contributed by atoms with van der Waals surface area (Å²) in [7, 11) is 0. The molecular weight excluding hydrogens is 214 g/mol. The summed E-state index contributed by atoms with van der Waals surface area (Å²) >= 11 is 0. The van der Waals surface area contributed by atoms with Gasteiger partial charge in [0.2, 0.25) is 5.88 Å². The number of imidazole rings is 1. The second-order valence-electron chi connectivity index (χ2n) is 3.06. The van der Waals surface area contributed by atoms with Gasteiger partial charge in [0.1, 0.15) is 0 Å². The smallest absolute Gasteiger partial charge is 0.333 e. The van der Waals surface area contributed by atoms with E-state index in [4.69, 9.17) is 0 Å². The molecule has 7 heteroatoms. The molecule has 0 bridgehead atoms. The summed E-state index contributed by atoms with van der Waals surface area (Å²) in [5.41, 5.74) is -0.229. The van der Waals surface area contributed by atoms with Gasteiger partial charge in [-0.3, -0.25) is 10.1 Å². The van der Waals surface area contributed by atoms with Gasteiger partial charge in [0.15, 0.2) is 0 Å². The normalized spacial score (nSPS) is 10.2. The molecule has 0 radical (unpaired) electrons. The summed E-state index contributed by atoms with van der Waals surface area (Å²) in [5.74, 6) is -0.251. The largest absolute Gasteiger partial charge is 0.493 e. The summed E-state index contributed by atoms with van der Waals surface area (Å²) in [6, 6.07) is 5.28. The number of nitrogens with zero attached hydrogens (tertiary/aromatic N) is 2. The number of benzene rings is 1. The van der Waals surface area contributed by atoms with Crippen LogP contribution in [0.25, 0.3) is 5.69 Å². The molecule has 0 aliphatic carbocycles. The van der Waals surface area contributed by atoms with Crippen LogP contribution in [0.5, 0.6) is 5.88 Å². The number of nitrogens with one attached hydrogen (secondary N) is 1. The molecule has 0 spiro atoms. The number of hydrogen-bond donors (Lipinski definition) is 2. The Morgan fingerprint density at radius 2 is 1.94 bits per heavy atom. The quantitative estimate of drug-likeness (QED) is 0.577. The molecule has 0 atom stereocenters. The van der Waals surface area contributed by atoms with Crippen LogP contribution in [0.4, 0.5) is 5.69 Å². The van der Waals surface area contributed by atoms with Gasteiger partial charge in [0, 0.05) is 12.1 Å². The van der Waals surface area contributed by atoms with Crippen molar-refractivity contribution < 1.29 is 10.0 Å². The van der Waals surface area contributed by atoms with E-state index in [9.17, 15) is 20.0 Å². The molecule has 82 valence electrons. The molecule has 1 aromatic carbocycles. The molecule has 7 nitrogen and oxygen atoms in total. The first-order valence-electron chi connectivity index (χ1n) is 4.34. The van der Waals surface area contributed by atoms with Gasteiger partial charge in [-0.15, -0.1) is 0 Å². The highest BCUT2D eigenvalue weighted by Gasteiger charge is 2.09. The third-order valence-corrected chi connectivity index (χ3v) is 2.08. The number of nitro benzene ring substituents is 1. The van der Waals surface area contributed by atoms with Gasteiger partial charge in [0.05, 0.1) is 16.8 Å². The third-order valence-electron chi connectivity index (χ3n) is 2.08. The standard InChI is InChI=1S/C9H7N3O4/c13-8-5-10-9(14)11(8)6-1-3-7(4-2-6)12(15)16/h1-5,13H,(H,10,14). The van der Waals surface area contributed by atoms with Crippen LogP contribution in [-0.4, -0.2) is 19.6 Å². The Hall–Kier alpha value is -2.57. The average molecular weight is 221 g/mol. The molecule has 0 aliphatic rings. The highest BCUT2D eigenvalue weighted by atomic mass is 16.6. The van der Waals surface area contributed by atoms with E-state index in [1.54, 1.807) is 0 Å². The van der Waals surface area contributed by atoms with Gasteiger partial charge in [0.25, 0.3) is 5.69 Å². The van der Waals surface area contributed by atoms with Gasteiger partial charge in [-0.2, -0.15) is 0 Å². The van der Waals surface area contributed by atoms with E-state index in [0.717, 1.165) is 10.8 Å². The summed E-state index contributed by atoms with van der Waals surface area (Å²) in [5, 5.41) is 19.8. The minimum atomic E-state index is -0.538. The Balaban J connectivity index is 2.50. The van der Waals surface area contributed by atoms with Crippen molar-refractivity contribution in [2.75, 3.05) is 0 Å². The molecule has 0 unspecified atom stereocenters. The third kappa shape index (κ3) is 1.54. The fourth-order valence-electron chi connectivity index (χ4n) is 1.33.